The highest BCUT2D eigenvalue weighted by Crippen LogP contribution is 2.28. The molecule has 0 saturated carbocycles. The number of imide groups is 1. The van der Waals surface area contributed by atoms with Crippen LogP contribution in [0.4, 0.5) is 0 Å². The number of amides is 2. The molecule has 1 saturated heterocycles. The minimum Gasteiger partial charge on any atom is -0.343 e. The Hall–Kier alpha value is -1.66. The predicted molar refractivity (Wildman–Crippen MR) is 83.0 cm³/mol. The summed E-state index contributed by atoms with van der Waals surface area (Å²) < 4.78 is 0. The Bertz CT molecular complexity index is 669. The van der Waals surface area contributed by atoms with Crippen LogP contribution in [0.2, 0.25) is 0 Å². The van der Waals surface area contributed by atoms with Gasteiger partial charge in [-0.25, -0.2) is 0 Å². The average Bonchev–Trinajstić information content (AvgIpc) is 2.63. The van der Waals surface area contributed by atoms with Crippen LogP contribution >= 0.6 is 24.4 Å². The molecule has 1 atom stereocenters. The Kier molecular flexibility index (Phi) is 3.14. The number of piperidine rings is 1. The number of nitrogens with zero attached hydrogens (tertiary/aromatic N) is 1. The van der Waals surface area contributed by atoms with E-state index in [0.717, 1.165) is 5.56 Å². The number of carbonyl (C=O) groups excluding carboxylic acids is 2. The van der Waals surface area contributed by atoms with Crippen molar-refractivity contribution < 1.29 is 9.59 Å². The molecule has 2 aliphatic heterocycles. The van der Waals surface area contributed by atoms with Crippen molar-refractivity contribution in [2.75, 3.05) is 0 Å². The molecular formula is C14H12N2O2S2. The molecule has 102 valence electrons. The minimum absolute atomic E-state index is 0.268. The Morgan fingerprint density at radius 2 is 1.90 bits per heavy atom. The van der Waals surface area contributed by atoms with Crippen LogP contribution in [0, 0.1) is 6.92 Å². The van der Waals surface area contributed by atoms with Gasteiger partial charge in [0.05, 0.1) is 22.2 Å². The molecule has 2 aliphatic rings. The number of aryl methyl sites for hydroxylation is 1. The Morgan fingerprint density at radius 3 is 2.60 bits per heavy atom. The third-order valence-corrected chi connectivity index (χ3v) is 4.28. The van der Waals surface area contributed by atoms with Crippen LogP contribution in [-0.4, -0.2) is 32.7 Å². The van der Waals surface area contributed by atoms with Crippen LogP contribution < -0.4 is 5.32 Å². The van der Waals surface area contributed by atoms with Gasteiger partial charge in [-0.3, -0.25) is 14.5 Å². The molecule has 1 aromatic carbocycles. The van der Waals surface area contributed by atoms with Gasteiger partial charge in [0.25, 0.3) is 11.8 Å². The first-order chi connectivity index (χ1) is 9.49. The summed E-state index contributed by atoms with van der Waals surface area (Å²) in [5.41, 5.74) is 1.87. The van der Waals surface area contributed by atoms with Gasteiger partial charge in [0.2, 0.25) is 0 Å². The van der Waals surface area contributed by atoms with Crippen molar-refractivity contribution in [1.82, 2.24) is 10.2 Å². The number of hydrogen-bond donors (Lipinski definition) is 1. The van der Waals surface area contributed by atoms with E-state index in [1.807, 2.05) is 13.0 Å². The van der Waals surface area contributed by atoms with Gasteiger partial charge < -0.3 is 5.32 Å². The zero-order valence-electron chi connectivity index (χ0n) is 10.8. The SMILES string of the molecule is Cc1ccc2c(c1)C(=O)N(C1CCC(=S)NC1=S)C2=O. The van der Waals surface area contributed by atoms with E-state index in [1.54, 1.807) is 12.1 Å². The summed E-state index contributed by atoms with van der Waals surface area (Å²) in [5.74, 6) is -0.539. The van der Waals surface area contributed by atoms with E-state index in [-0.39, 0.29) is 11.8 Å². The second-order valence-electron chi connectivity index (χ2n) is 5.00. The quantitative estimate of drug-likeness (QED) is 0.635. The molecule has 1 unspecified atom stereocenters. The first kappa shape index (κ1) is 13.3. The minimum atomic E-state index is -0.399. The molecule has 1 aromatic rings. The van der Waals surface area contributed by atoms with E-state index in [4.69, 9.17) is 24.4 Å². The van der Waals surface area contributed by atoms with E-state index in [2.05, 4.69) is 5.32 Å². The molecule has 0 aliphatic carbocycles. The summed E-state index contributed by atoms with van der Waals surface area (Å²) in [6.07, 6.45) is 1.22. The van der Waals surface area contributed by atoms with Crippen LogP contribution in [-0.2, 0) is 0 Å². The van der Waals surface area contributed by atoms with E-state index in [9.17, 15) is 9.59 Å². The number of carbonyl (C=O) groups is 2. The molecule has 1 fully saturated rings. The van der Waals surface area contributed by atoms with Crippen LogP contribution in [0.25, 0.3) is 0 Å². The maximum atomic E-state index is 12.5. The van der Waals surface area contributed by atoms with Gasteiger partial charge in [-0.2, -0.15) is 0 Å². The van der Waals surface area contributed by atoms with E-state index in [1.165, 1.54) is 4.90 Å². The first-order valence-corrected chi connectivity index (χ1v) is 7.13. The topological polar surface area (TPSA) is 49.4 Å². The molecule has 6 heteroatoms. The Balaban J connectivity index is 1.97. The first-order valence-electron chi connectivity index (χ1n) is 6.31. The number of thiocarbonyl (C=S) groups is 2. The summed E-state index contributed by atoms with van der Waals surface area (Å²) >= 11 is 10.3. The second-order valence-corrected chi connectivity index (χ2v) is 5.93. The normalized spacial score (nSPS) is 22.1. The number of nitrogens with one attached hydrogen (secondary N) is 1. The molecule has 20 heavy (non-hydrogen) atoms. The number of benzene rings is 1. The summed E-state index contributed by atoms with van der Waals surface area (Å²) in [6, 6.07) is 4.89. The lowest BCUT2D eigenvalue weighted by Gasteiger charge is -2.31. The van der Waals surface area contributed by atoms with Crippen LogP contribution in [0.15, 0.2) is 18.2 Å². The third kappa shape index (κ3) is 1.96. The van der Waals surface area contributed by atoms with Crippen molar-refractivity contribution in [3.05, 3.63) is 34.9 Å². The Morgan fingerprint density at radius 1 is 1.20 bits per heavy atom. The van der Waals surface area contributed by atoms with Crippen molar-refractivity contribution in [3.8, 4) is 0 Å². The van der Waals surface area contributed by atoms with Gasteiger partial charge in [0.1, 0.15) is 4.99 Å². The van der Waals surface area contributed by atoms with Crippen molar-refractivity contribution in [1.29, 1.82) is 0 Å². The van der Waals surface area contributed by atoms with E-state index >= 15 is 0 Å². The fourth-order valence-corrected chi connectivity index (χ4v) is 3.22. The standard InChI is InChI=1S/C14H12N2O2S2/c1-7-2-3-8-9(6-7)14(18)16(13(8)17)10-4-5-11(19)15-12(10)20/h2-3,6,10H,4-5H2,1H3,(H,15,19,20). The van der Waals surface area contributed by atoms with Gasteiger partial charge >= 0.3 is 0 Å². The number of rotatable bonds is 1. The van der Waals surface area contributed by atoms with Gasteiger partial charge in [-0.1, -0.05) is 36.1 Å². The van der Waals surface area contributed by atoms with Crippen LogP contribution in [0.5, 0.6) is 0 Å². The smallest absolute Gasteiger partial charge is 0.262 e. The summed E-state index contributed by atoms with van der Waals surface area (Å²) in [5, 5.41) is 2.90. The molecule has 2 heterocycles. The number of hydrogen-bond acceptors (Lipinski definition) is 4. The van der Waals surface area contributed by atoms with Crippen LogP contribution in [0.1, 0.15) is 39.1 Å². The highest BCUT2D eigenvalue weighted by molar-refractivity contribution is 7.82. The van der Waals surface area contributed by atoms with Crippen LogP contribution in [0.3, 0.4) is 0 Å². The van der Waals surface area contributed by atoms with Crippen molar-refractivity contribution in [3.63, 3.8) is 0 Å². The molecule has 3 rings (SSSR count). The van der Waals surface area contributed by atoms with Crippen molar-refractivity contribution in [2.45, 2.75) is 25.8 Å². The molecule has 0 bridgehead atoms. The molecule has 1 N–H and O–H groups in total. The largest absolute Gasteiger partial charge is 0.343 e. The van der Waals surface area contributed by atoms with Crippen molar-refractivity contribution in [2.24, 2.45) is 0 Å². The predicted octanol–water partition coefficient (Wildman–Crippen LogP) is 2.00. The average molecular weight is 304 g/mol. The van der Waals surface area contributed by atoms with E-state index in [0.29, 0.717) is 33.9 Å². The zero-order chi connectivity index (χ0) is 14.4. The molecular weight excluding hydrogens is 292 g/mol. The fourth-order valence-electron chi connectivity index (χ4n) is 2.58. The molecule has 0 spiro atoms. The van der Waals surface area contributed by atoms with Gasteiger partial charge in [0, 0.05) is 6.42 Å². The zero-order valence-corrected chi connectivity index (χ0v) is 12.4. The highest BCUT2D eigenvalue weighted by Gasteiger charge is 2.42. The summed E-state index contributed by atoms with van der Waals surface area (Å²) in [6.45, 7) is 1.89. The van der Waals surface area contributed by atoms with Crippen molar-refractivity contribution >= 4 is 46.2 Å². The van der Waals surface area contributed by atoms with E-state index < -0.39 is 6.04 Å². The maximum absolute atomic E-state index is 12.5. The molecule has 4 nitrogen and oxygen atoms in total. The lowest BCUT2D eigenvalue weighted by Crippen LogP contribution is -2.53. The monoisotopic (exact) mass is 304 g/mol. The molecule has 2 amide bonds. The molecule has 0 radical (unpaired) electrons. The number of fused-ring (bicyclic) bond motifs is 1. The Labute approximate surface area is 127 Å². The second kappa shape index (κ2) is 4.71. The lowest BCUT2D eigenvalue weighted by molar-refractivity contribution is 0.0620. The summed E-state index contributed by atoms with van der Waals surface area (Å²) in [4.78, 5) is 27.3. The fraction of sp³-hybridized carbons (Fsp3) is 0.286. The molecule has 0 aromatic heterocycles. The summed E-state index contributed by atoms with van der Waals surface area (Å²) in [7, 11) is 0. The lowest BCUT2D eigenvalue weighted by atomic mass is 10.1. The van der Waals surface area contributed by atoms with Gasteiger partial charge in [-0.05, 0) is 25.5 Å². The highest BCUT2D eigenvalue weighted by atomic mass is 32.1. The maximum Gasteiger partial charge on any atom is 0.262 e. The van der Waals surface area contributed by atoms with Gasteiger partial charge in [0.15, 0.2) is 0 Å². The van der Waals surface area contributed by atoms with Gasteiger partial charge in [-0.15, -0.1) is 0 Å². The third-order valence-electron chi connectivity index (χ3n) is 3.60.